The second-order valence-corrected chi connectivity index (χ2v) is 7.94. The number of nitrogens with zero attached hydrogens (tertiary/aromatic N) is 2. The van der Waals surface area contributed by atoms with Crippen LogP contribution in [0.2, 0.25) is 0 Å². The zero-order valence-corrected chi connectivity index (χ0v) is 17.3. The van der Waals surface area contributed by atoms with Gasteiger partial charge in [0.2, 0.25) is 5.91 Å². The topological polar surface area (TPSA) is 56.7 Å². The first-order valence-electron chi connectivity index (χ1n) is 8.98. The minimum atomic E-state index is -0.350. The van der Waals surface area contributed by atoms with E-state index in [-0.39, 0.29) is 17.1 Å². The lowest BCUT2D eigenvalue weighted by atomic mass is 9.84. The van der Waals surface area contributed by atoms with E-state index in [1.54, 1.807) is 24.1 Å². The summed E-state index contributed by atoms with van der Waals surface area (Å²) in [5, 5.41) is 6.49. The van der Waals surface area contributed by atoms with Crippen LogP contribution in [0.5, 0.6) is 0 Å². The lowest BCUT2D eigenvalue weighted by Gasteiger charge is -2.31. The summed E-state index contributed by atoms with van der Waals surface area (Å²) in [6, 6.07) is 4.94. The molecule has 2 rings (SSSR count). The van der Waals surface area contributed by atoms with E-state index in [1.165, 1.54) is 6.07 Å². The van der Waals surface area contributed by atoms with Gasteiger partial charge in [0.15, 0.2) is 5.96 Å². The summed E-state index contributed by atoms with van der Waals surface area (Å²) in [6.45, 7) is 1.12. The van der Waals surface area contributed by atoms with E-state index < -0.39 is 0 Å². The summed E-state index contributed by atoms with van der Waals surface area (Å²) in [5.74, 6) is 0.604. The first-order chi connectivity index (χ1) is 12.4. The molecule has 1 aliphatic carbocycles. The molecule has 0 bridgehead atoms. The van der Waals surface area contributed by atoms with E-state index in [0.29, 0.717) is 31.0 Å². The molecule has 0 radical (unpaired) electrons. The first kappa shape index (κ1) is 20.7. The molecule has 0 spiro atoms. The van der Waals surface area contributed by atoms with Gasteiger partial charge in [0.25, 0.3) is 0 Å². The molecule has 0 aromatic heterocycles. The molecule has 0 atom stereocenters. The average molecular weight is 427 g/mol. The number of carbonyl (C=O) groups excluding carboxylic acids is 1. The van der Waals surface area contributed by atoms with Gasteiger partial charge in [-0.2, -0.15) is 0 Å². The van der Waals surface area contributed by atoms with Crippen molar-refractivity contribution in [3.05, 3.63) is 34.1 Å². The fraction of sp³-hybridized carbons (Fsp3) is 0.579. The SMILES string of the molecule is CN=C(NCCc1cc(Br)ccc1F)NCC1(C(=O)N(C)C)CCCC1. The van der Waals surface area contributed by atoms with Gasteiger partial charge in [-0.1, -0.05) is 28.8 Å². The average Bonchev–Trinajstić information content (AvgIpc) is 3.10. The third kappa shape index (κ3) is 5.19. The van der Waals surface area contributed by atoms with Crippen LogP contribution in [0.4, 0.5) is 4.39 Å². The van der Waals surface area contributed by atoms with Crippen molar-refractivity contribution in [3.8, 4) is 0 Å². The molecular formula is C19H28BrFN4O. The molecule has 0 aliphatic heterocycles. The van der Waals surface area contributed by atoms with Crippen molar-refractivity contribution in [2.75, 3.05) is 34.2 Å². The van der Waals surface area contributed by atoms with Crippen molar-refractivity contribution in [3.63, 3.8) is 0 Å². The van der Waals surface area contributed by atoms with Crippen LogP contribution >= 0.6 is 15.9 Å². The summed E-state index contributed by atoms with van der Waals surface area (Å²) in [4.78, 5) is 18.5. The third-order valence-corrected chi connectivity index (χ3v) is 5.43. The van der Waals surface area contributed by atoms with Gasteiger partial charge in [0.1, 0.15) is 5.82 Å². The largest absolute Gasteiger partial charge is 0.356 e. The van der Waals surface area contributed by atoms with Gasteiger partial charge in [-0.3, -0.25) is 9.79 Å². The number of rotatable bonds is 6. The van der Waals surface area contributed by atoms with Gasteiger partial charge < -0.3 is 15.5 Å². The summed E-state index contributed by atoms with van der Waals surface area (Å²) in [6.07, 6.45) is 4.51. The van der Waals surface area contributed by atoms with Crippen LogP contribution in [0.1, 0.15) is 31.2 Å². The standard InChI is InChI=1S/C19H28BrFN4O/c1-22-18(23-11-8-14-12-15(20)6-7-16(14)21)24-13-19(9-4-5-10-19)17(26)25(2)3/h6-7,12H,4-5,8-11,13H2,1-3H3,(H2,22,23,24). The molecule has 1 aromatic carbocycles. The predicted octanol–water partition coefficient (Wildman–Crippen LogP) is 2.94. The number of halogens is 2. The van der Waals surface area contributed by atoms with Gasteiger partial charge in [0, 0.05) is 38.7 Å². The number of guanidine groups is 1. The second-order valence-electron chi connectivity index (χ2n) is 7.03. The van der Waals surface area contributed by atoms with E-state index in [0.717, 1.165) is 30.2 Å². The van der Waals surface area contributed by atoms with Crippen LogP contribution in [0.25, 0.3) is 0 Å². The molecule has 144 valence electrons. The minimum Gasteiger partial charge on any atom is -0.356 e. The van der Waals surface area contributed by atoms with Crippen LogP contribution in [0.15, 0.2) is 27.7 Å². The summed E-state index contributed by atoms with van der Waals surface area (Å²) in [7, 11) is 5.31. The summed E-state index contributed by atoms with van der Waals surface area (Å²) in [5.41, 5.74) is 0.301. The summed E-state index contributed by atoms with van der Waals surface area (Å²) < 4.78 is 14.7. The second kappa shape index (κ2) is 9.35. The lowest BCUT2D eigenvalue weighted by molar-refractivity contribution is -0.138. The molecule has 0 unspecified atom stereocenters. The molecule has 1 saturated carbocycles. The van der Waals surface area contributed by atoms with Crippen LogP contribution < -0.4 is 10.6 Å². The van der Waals surface area contributed by atoms with E-state index >= 15 is 0 Å². The highest BCUT2D eigenvalue weighted by atomic mass is 79.9. The molecule has 5 nitrogen and oxygen atoms in total. The zero-order valence-electron chi connectivity index (χ0n) is 15.7. The minimum absolute atomic E-state index is 0.175. The van der Waals surface area contributed by atoms with Crippen LogP contribution in [-0.4, -0.2) is 51.0 Å². The van der Waals surface area contributed by atoms with E-state index in [9.17, 15) is 9.18 Å². The number of carbonyl (C=O) groups is 1. The Labute approximate surface area is 163 Å². The van der Waals surface area contributed by atoms with Gasteiger partial charge in [-0.15, -0.1) is 0 Å². The van der Waals surface area contributed by atoms with Crippen LogP contribution in [-0.2, 0) is 11.2 Å². The Morgan fingerprint density at radius 1 is 1.31 bits per heavy atom. The molecule has 1 aromatic rings. The van der Waals surface area contributed by atoms with Crippen molar-refractivity contribution in [2.24, 2.45) is 10.4 Å². The third-order valence-electron chi connectivity index (χ3n) is 4.93. The Morgan fingerprint density at radius 3 is 2.62 bits per heavy atom. The van der Waals surface area contributed by atoms with E-state index in [4.69, 9.17) is 0 Å². The van der Waals surface area contributed by atoms with Crippen LogP contribution in [0.3, 0.4) is 0 Å². The van der Waals surface area contributed by atoms with Gasteiger partial charge in [-0.05, 0) is 43.0 Å². The number of hydrogen-bond acceptors (Lipinski definition) is 2. The van der Waals surface area contributed by atoms with Crippen molar-refractivity contribution >= 4 is 27.8 Å². The molecule has 1 fully saturated rings. The Balaban J connectivity index is 1.89. The smallest absolute Gasteiger partial charge is 0.230 e. The zero-order chi connectivity index (χ0) is 19.2. The highest BCUT2D eigenvalue weighted by molar-refractivity contribution is 9.10. The quantitative estimate of drug-likeness (QED) is 0.542. The lowest BCUT2D eigenvalue weighted by Crippen LogP contribution is -2.49. The molecular weight excluding hydrogens is 399 g/mol. The Kier molecular flexibility index (Phi) is 7.43. The van der Waals surface area contributed by atoms with Crippen LogP contribution in [0, 0.1) is 11.2 Å². The maximum absolute atomic E-state index is 13.8. The number of hydrogen-bond donors (Lipinski definition) is 2. The summed E-state index contributed by atoms with van der Waals surface area (Å²) >= 11 is 3.37. The Bertz CT molecular complexity index is 657. The van der Waals surface area contributed by atoms with Crippen molar-refractivity contribution < 1.29 is 9.18 Å². The number of nitrogens with one attached hydrogen (secondary N) is 2. The van der Waals surface area contributed by atoms with Crippen molar-refractivity contribution in [1.29, 1.82) is 0 Å². The number of aliphatic imine (C=N–C) groups is 1. The van der Waals surface area contributed by atoms with Crippen molar-refractivity contribution in [1.82, 2.24) is 15.5 Å². The molecule has 1 aliphatic rings. The fourth-order valence-electron chi connectivity index (χ4n) is 3.52. The van der Waals surface area contributed by atoms with Gasteiger partial charge in [-0.25, -0.2) is 4.39 Å². The van der Waals surface area contributed by atoms with Gasteiger partial charge in [0.05, 0.1) is 5.41 Å². The maximum atomic E-state index is 13.8. The number of benzene rings is 1. The highest BCUT2D eigenvalue weighted by Crippen LogP contribution is 2.38. The predicted molar refractivity (Wildman–Crippen MR) is 107 cm³/mol. The van der Waals surface area contributed by atoms with E-state index in [2.05, 4.69) is 31.6 Å². The molecule has 1 amide bonds. The normalized spacial score (nSPS) is 16.4. The molecule has 26 heavy (non-hydrogen) atoms. The molecule has 7 heteroatoms. The number of amides is 1. The molecule has 0 saturated heterocycles. The highest BCUT2D eigenvalue weighted by Gasteiger charge is 2.42. The monoisotopic (exact) mass is 426 g/mol. The van der Waals surface area contributed by atoms with Gasteiger partial charge >= 0.3 is 0 Å². The molecule has 2 N–H and O–H groups in total. The first-order valence-corrected chi connectivity index (χ1v) is 9.77. The maximum Gasteiger partial charge on any atom is 0.230 e. The fourth-order valence-corrected chi connectivity index (χ4v) is 3.92. The van der Waals surface area contributed by atoms with Crippen molar-refractivity contribution in [2.45, 2.75) is 32.1 Å². The Hall–Kier alpha value is -1.63. The Morgan fingerprint density at radius 2 is 2.00 bits per heavy atom. The van der Waals surface area contributed by atoms with E-state index in [1.807, 2.05) is 14.1 Å². The molecule has 0 heterocycles.